The Balaban J connectivity index is 1.55. The second-order valence-electron chi connectivity index (χ2n) is 8.19. The van der Waals surface area contributed by atoms with Crippen LogP contribution in [-0.4, -0.2) is 56.4 Å². The van der Waals surface area contributed by atoms with Gasteiger partial charge in [0.05, 0.1) is 23.9 Å². The molecule has 10 nitrogen and oxygen atoms in total. The number of benzene rings is 2. The van der Waals surface area contributed by atoms with Crippen LogP contribution in [0.25, 0.3) is 0 Å². The molecule has 3 amide bonds. The molecule has 1 saturated heterocycles. The summed E-state index contributed by atoms with van der Waals surface area (Å²) in [6.45, 7) is 4.83. The maximum Gasteiger partial charge on any atom is 0.329 e. The third-order valence-corrected chi connectivity index (χ3v) is 5.71. The Morgan fingerprint density at radius 1 is 1.14 bits per heavy atom. The number of carbonyl (C=O) groups excluding carboxylic acids is 3. The summed E-state index contributed by atoms with van der Waals surface area (Å²) >= 11 is 6.38. The molecule has 1 aliphatic heterocycles. The highest BCUT2D eigenvalue weighted by molar-refractivity contribution is 6.35. The van der Waals surface area contributed by atoms with Gasteiger partial charge < -0.3 is 24.8 Å². The highest BCUT2D eigenvalue weighted by Crippen LogP contribution is 2.36. The van der Waals surface area contributed by atoms with E-state index in [1.54, 1.807) is 13.0 Å². The van der Waals surface area contributed by atoms with Gasteiger partial charge in [0.1, 0.15) is 0 Å². The predicted octanol–water partition coefficient (Wildman–Crippen LogP) is 3.06. The lowest BCUT2D eigenvalue weighted by atomic mass is 10.1. The Bertz CT molecular complexity index is 1120. The fraction of sp³-hybridized carbons (Fsp3) is 0.385. The van der Waals surface area contributed by atoms with E-state index in [9.17, 15) is 14.4 Å². The molecule has 198 valence electrons. The molecule has 0 saturated carbocycles. The van der Waals surface area contributed by atoms with Gasteiger partial charge >= 0.3 is 11.8 Å². The van der Waals surface area contributed by atoms with Crippen molar-refractivity contribution < 1.29 is 28.6 Å². The minimum atomic E-state index is -0.902. The van der Waals surface area contributed by atoms with Crippen LogP contribution in [-0.2, 0) is 25.5 Å². The number of hydrogen-bond donors (Lipinski definition) is 3. The molecule has 1 aliphatic rings. The SMILES string of the molecule is CCOc1cc(/C=N\NC(=O)C(=O)NC[C@@H]2CCCO2)cc(Cl)c1OCC(=O)Nc1ccc(CC)cc1. The number of aryl methyl sites for hydroxylation is 1. The quantitative estimate of drug-likeness (QED) is 0.233. The van der Waals surface area contributed by atoms with E-state index in [2.05, 4.69) is 28.1 Å². The smallest absolute Gasteiger partial charge is 0.329 e. The molecule has 0 aromatic heterocycles. The van der Waals surface area contributed by atoms with Gasteiger partial charge in [0.15, 0.2) is 18.1 Å². The standard InChI is InChI=1S/C26H31ClN4O6/c1-3-17-7-9-19(10-8-17)30-23(32)16-37-24-21(27)12-18(13-22(24)35-4-2)14-29-31-26(34)25(33)28-15-20-6-5-11-36-20/h7-10,12-14,20H,3-6,11,15-16H2,1-2H3,(H,28,33)(H,30,32)(H,31,34)/b29-14-/t20-/m0/s1. The minimum Gasteiger partial charge on any atom is -0.490 e. The summed E-state index contributed by atoms with van der Waals surface area (Å²) in [7, 11) is 0. The summed E-state index contributed by atoms with van der Waals surface area (Å²) in [6.07, 6.45) is 3.94. The number of halogens is 1. The summed E-state index contributed by atoms with van der Waals surface area (Å²) in [5, 5.41) is 9.29. The molecule has 1 heterocycles. The molecule has 3 N–H and O–H groups in total. The fourth-order valence-corrected chi connectivity index (χ4v) is 3.81. The Labute approximate surface area is 220 Å². The first-order valence-electron chi connectivity index (χ1n) is 12.1. The van der Waals surface area contributed by atoms with Crippen molar-refractivity contribution in [3.8, 4) is 11.5 Å². The monoisotopic (exact) mass is 530 g/mol. The molecular formula is C26H31ClN4O6. The third-order valence-electron chi connectivity index (χ3n) is 5.43. The molecule has 2 aromatic carbocycles. The second kappa shape index (κ2) is 14.2. The number of anilines is 1. The van der Waals surface area contributed by atoms with Gasteiger partial charge in [0.25, 0.3) is 5.91 Å². The fourth-order valence-electron chi connectivity index (χ4n) is 3.53. The lowest BCUT2D eigenvalue weighted by Crippen LogP contribution is -2.41. The van der Waals surface area contributed by atoms with Crippen molar-refractivity contribution in [1.82, 2.24) is 10.7 Å². The lowest BCUT2D eigenvalue weighted by Gasteiger charge is -2.14. The molecule has 37 heavy (non-hydrogen) atoms. The molecule has 11 heteroatoms. The maximum atomic E-state index is 12.3. The van der Waals surface area contributed by atoms with Gasteiger partial charge in [-0.2, -0.15) is 5.10 Å². The molecule has 0 spiro atoms. The zero-order chi connectivity index (χ0) is 26.6. The molecule has 0 aliphatic carbocycles. The molecule has 0 radical (unpaired) electrons. The second-order valence-corrected chi connectivity index (χ2v) is 8.60. The van der Waals surface area contributed by atoms with Gasteiger partial charge in [-0.05, 0) is 61.6 Å². The van der Waals surface area contributed by atoms with Crippen LogP contribution in [0, 0.1) is 0 Å². The van der Waals surface area contributed by atoms with Crippen molar-refractivity contribution in [1.29, 1.82) is 0 Å². The van der Waals surface area contributed by atoms with Crippen molar-refractivity contribution in [2.24, 2.45) is 5.10 Å². The van der Waals surface area contributed by atoms with Gasteiger partial charge in [-0.1, -0.05) is 30.7 Å². The number of amides is 3. The van der Waals surface area contributed by atoms with Gasteiger partial charge in [-0.3, -0.25) is 14.4 Å². The summed E-state index contributed by atoms with van der Waals surface area (Å²) in [6, 6.07) is 10.7. The summed E-state index contributed by atoms with van der Waals surface area (Å²) in [4.78, 5) is 36.2. The van der Waals surface area contributed by atoms with E-state index in [-0.39, 0.29) is 35.9 Å². The van der Waals surface area contributed by atoms with Gasteiger partial charge in [-0.25, -0.2) is 5.43 Å². The molecule has 0 unspecified atom stereocenters. The van der Waals surface area contributed by atoms with Crippen LogP contribution in [0.1, 0.15) is 37.8 Å². The first kappa shape index (κ1) is 27.9. The van der Waals surface area contributed by atoms with Crippen LogP contribution in [0.2, 0.25) is 5.02 Å². The van der Waals surface area contributed by atoms with Crippen LogP contribution in [0.15, 0.2) is 41.5 Å². The first-order valence-corrected chi connectivity index (χ1v) is 12.5. The number of rotatable bonds is 11. The number of carbonyl (C=O) groups is 3. The van der Waals surface area contributed by atoms with Gasteiger partial charge in [0, 0.05) is 18.8 Å². The largest absolute Gasteiger partial charge is 0.490 e. The van der Waals surface area contributed by atoms with Crippen LogP contribution < -0.4 is 25.5 Å². The highest BCUT2D eigenvalue weighted by Gasteiger charge is 2.19. The van der Waals surface area contributed by atoms with Crippen LogP contribution in [0.5, 0.6) is 11.5 Å². The zero-order valence-electron chi connectivity index (χ0n) is 20.8. The van der Waals surface area contributed by atoms with Crippen molar-refractivity contribution in [2.75, 3.05) is 31.7 Å². The van der Waals surface area contributed by atoms with E-state index in [1.807, 2.05) is 24.3 Å². The highest BCUT2D eigenvalue weighted by atomic mass is 35.5. The molecule has 0 bridgehead atoms. The number of ether oxygens (including phenoxy) is 3. The van der Waals surface area contributed by atoms with E-state index in [0.29, 0.717) is 30.2 Å². The van der Waals surface area contributed by atoms with Crippen molar-refractivity contribution in [2.45, 2.75) is 39.2 Å². The van der Waals surface area contributed by atoms with Crippen LogP contribution in [0.3, 0.4) is 0 Å². The average molecular weight is 531 g/mol. The summed E-state index contributed by atoms with van der Waals surface area (Å²) < 4.78 is 16.7. The average Bonchev–Trinajstić information content (AvgIpc) is 3.41. The normalized spacial score (nSPS) is 14.8. The minimum absolute atomic E-state index is 0.0708. The van der Waals surface area contributed by atoms with Crippen molar-refractivity contribution >= 4 is 41.2 Å². The number of nitrogens with zero attached hydrogens (tertiary/aromatic N) is 1. The molecule has 2 aromatic rings. The predicted molar refractivity (Wildman–Crippen MR) is 140 cm³/mol. The summed E-state index contributed by atoms with van der Waals surface area (Å²) in [5.74, 6) is -1.55. The van der Waals surface area contributed by atoms with Gasteiger partial charge in [-0.15, -0.1) is 0 Å². The Kier molecular flexibility index (Phi) is 10.7. The Hall–Kier alpha value is -3.63. The van der Waals surface area contributed by atoms with E-state index < -0.39 is 11.8 Å². The Morgan fingerprint density at radius 2 is 1.92 bits per heavy atom. The number of hydrazone groups is 1. The molecule has 1 fully saturated rings. The first-order chi connectivity index (χ1) is 17.9. The maximum absolute atomic E-state index is 12.3. The zero-order valence-corrected chi connectivity index (χ0v) is 21.6. The summed E-state index contributed by atoms with van der Waals surface area (Å²) in [5.41, 5.74) is 4.49. The molecular weight excluding hydrogens is 500 g/mol. The lowest BCUT2D eigenvalue weighted by molar-refractivity contribution is -0.139. The molecule has 3 rings (SSSR count). The number of nitrogens with one attached hydrogen (secondary N) is 3. The van der Waals surface area contributed by atoms with E-state index in [0.717, 1.165) is 19.3 Å². The van der Waals surface area contributed by atoms with Crippen LogP contribution in [0.4, 0.5) is 5.69 Å². The van der Waals surface area contributed by atoms with E-state index in [4.69, 9.17) is 25.8 Å². The van der Waals surface area contributed by atoms with Gasteiger partial charge in [0.2, 0.25) is 0 Å². The molecule has 1 atom stereocenters. The van der Waals surface area contributed by atoms with E-state index in [1.165, 1.54) is 17.8 Å². The van der Waals surface area contributed by atoms with Crippen LogP contribution >= 0.6 is 11.6 Å². The number of hydrogen-bond acceptors (Lipinski definition) is 7. The topological polar surface area (TPSA) is 127 Å². The van der Waals surface area contributed by atoms with E-state index >= 15 is 0 Å². The van der Waals surface area contributed by atoms with Crippen molar-refractivity contribution in [3.63, 3.8) is 0 Å². The third kappa shape index (κ3) is 8.76. The van der Waals surface area contributed by atoms with Crippen molar-refractivity contribution in [3.05, 3.63) is 52.5 Å². The Morgan fingerprint density at radius 3 is 2.59 bits per heavy atom.